The van der Waals surface area contributed by atoms with Crippen molar-refractivity contribution in [3.05, 3.63) is 81.8 Å². The lowest BCUT2D eigenvalue weighted by molar-refractivity contribution is -0.120. The summed E-state index contributed by atoms with van der Waals surface area (Å²) in [6, 6.07) is 19.7. The Labute approximate surface area is 289 Å². The fourth-order valence-corrected chi connectivity index (χ4v) is 6.81. The number of ether oxygens (including phenoxy) is 2. The second kappa shape index (κ2) is 15.3. The maximum atomic E-state index is 11.5. The normalized spacial score (nSPS) is 17.3. The van der Waals surface area contributed by atoms with E-state index in [0.29, 0.717) is 72.2 Å². The molecule has 4 heterocycles. The number of rotatable bonds is 13. The van der Waals surface area contributed by atoms with E-state index in [1.807, 2.05) is 60.7 Å². The Morgan fingerprint density at radius 1 is 0.667 bits per heavy atom. The molecule has 12 heteroatoms. The maximum absolute atomic E-state index is 11.5. The van der Waals surface area contributed by atoms with Crippen LogP contribution in [0.15, 0.2) is 60.7 Å². The second-order valence-electron chi connectivity index (χ2n) is 11.9. The highest BCUT2D eigenvalue weighted by atomic mass is 35.5. The third-order valence-electron chi connectivity index (χ3n) is 8.69. The first-order valence-electron chi connectivity index (χ1n) is 16.0. The third-order valence-corrected chi connectivity index (χ3v) is 9.50. The molecule has 4 aromatic rings. The lowest BCUT2D eigenvalue weighted by Gasteiger charge is -2.16. The first kappa shape index (κ1) is 33.7. The number of methoxy groups -OCH3 is 2. The minimum Gasteiger partial charge on any atom is -0.481 e. The largest absolute Gasteiger partial charge is 0.481 e. The van der Waals surface area contributed by atoms with Gasteiger partial charge in [0, 0.05) is 84.5 Å². The smallest absolute Gasteiger partial charge is 0.220 e. The average molecular weight is 690 g/mol. The van der Waals surface area contributed by atoms with Gasteiger partial charge in [-0.25, -0.2) is 9.97 Å². The molecular weight excluding hydrogens is 651 g/mol. The predicted octanol–water partition coefficient (Wildman–Crippen LogP) is 5.54. The standard InChI is InChI=1S/C36H38Cl2N6O4/c1-47-35-21(17-39-19-23-11-15-31(45)41-23)9-13-29(43-35)27-7-3-5-25(33(27)37)26-6-4-8-28(34(26)38)30-14-10-22(36(44-30)48-2)18-40-20-24-12-16-32(46)42-24/h3-10,13-14,23-24,39-40H,11-12,15-20H2,1-2H3,(H,41,45)(H,42,46)/t23-,24-/m0/s1. The molecule has 10 nitrogen and oxygen atoms in total. The van der Waals surface area contributed by atoms with Crippen molar-refractivity contribution < 1.29 is 19.1 Å². The Morgan fingerprint density at radius 2 is 1.08 bits per heavy atom. The lowest BCUT2D eigenvalue weighted by atomic mass is 9.98. The van der Waals surface area contributed by atoms with Crippen LogP contribution in [0.5, 0.6) is 11.8 Å². The van der Waals surface area contributed by atoms with Crippen LogP contribution in [-0.4, -0.2) is 61.2 Å². The summed E-state index contributed by atoms with van der Waals surface area (Å²) in [7, 11) is 3.19. The Balaban J connectivity index is 1.20. The van der Waals surface area contributed by atoms with Crippen LogP contribution >= 0.6 is 23.2 Å². The van der Waals surface area contributed by atoms with Crippen LogP contribution in [0, 0.1) is 0 Å². The predicted molar refractivity (Wildman–Crippen MR) is 187 cm³/mol. The van der Waals surface area contributed by atoms with Crippen molar-refractivity contribution in [2.45, 2.75) is 50.9 Å². The van der Waals surface area contributed by atoms with E-state index in [0.717, 1.165) is 46.2 Å². The molecule has 2 atom stereocenters. The van der Waals surface area contributed by atoms with Crippen molar-refractivity contribution >= 4 is 35.0 Å². The molecule has 2 saturated heterocycles. The molecule has 250 valence electrons. The third kappa shape index (κ3) is 7.57. The molecule has 0 saturated carbocycles. The number of nitrogens with zero attached hydrogens (tertiary/aromatic N) is 2. The maximum Gasteiger partial charge on any atom is 0.220 e. The van der Waals surface area contributed by atoms with Crippen molar-refractivity contribution in [2.24, 2.45) is 0 Å². The fourth-order valence-electron chi connectivity index (χ4n) is 6.16. The molecule has 2 aromatic heterocycles. The Kier molecular flexibility index (Phi) is 10.8. The van der Waals surface area contributed by atoms with E-state index in [1.54, 1.807) is 14.2 Å². The lowest BCUT2D eigenvalue weighted by Crippen LogP contribution is -2.35. The number of carbonyl (C=O) groups is 2. The first-order valence-corrected chi connectivity index (χ1v) is 16.8. The van der Waals surface area contributed by atoms with Gasteiger partial charge in [0.05, 0.1) is 35.7 Å². The van der Waals surface area contributed by atoms with Gasteiger partial charge in [-0.15, -0.1) is 0 Å². The van der Waals surface area contributed by atoms with E-state index in [9.17, 15) is 9.59 Å². The number of nitrogens with one attached hydrogen (secondary N) is 4. The minimum absolute atomic E-state index is 0.0983. The monoisotopic (exact) mass is 688 g/mol. The van der Waals surface area contributed by atoms with E-state index in [-0.39, 0.29) is 23.9 Å². The van der Waals surface area contributed by atoms with Crippen molar-refractivity contribution in [3.8, 4) is 45.4 Å². The number of aromatic nitrogens is 2. The van der Waals surface area contributed by atoms with Gasteiger partial charge in [-0.1, -0.05) is 71.7 Å². The highest BCUT2D eigenvalue weighted by Gasteiger charge is 2.22. The summed E-state index contributed by atoms with van der Waals surface area (Å²) in [4.78, 5) is 32.6. The van der Waals surface area contributed by atoms with E-state index in [4.69, 9.17) is 42.6 Å². The number of benzene rings is 2. The molecule has 2 aliphatic rings. The van der Waals surface area contributed by atoms with Crippen LogP contribution in [0.3, 0.4) is 0 Å². The molecule has 0 aliphatic carbocycles. The molecule has 2 aliphatic heterocycles. The average Bonchev–Trinajstić information content (AvgIpc) is 3.72. The van der Waals surface area contributed by atoms with Crippen LogP contribution in [-0.2, 0) is 22.7 Å². The Bertz CT molecular complexity index is 1690. The van der Waals surface area contributed by atoms with Gasteiger partial charge in [-0.05, 0) is 25.0 Å². The summed E-state index contributed by atoms with van der Waals surface area (Å²) in [5.41, 5.74) is 6.16. The highest BCUT2D eigenvalue weighted by Crippen LogP contribution is 2.42. The molecule has 0 unspecified atom stereocenters. The second-order valence-corrected chi connectivity index (χ2v) is 12.7. The molecule has 6 rings (SSSR count). The van der Waals surface area contributed by atoms with Crippen LogP contribution in [0.2, 0.25) is 10.0 Å². The molecule has 0 bridgehead atoms. The molecule has 0 spiro atoms. The summed E-state index contributed by atoms with van der Waals surface area (Å²) < 4.78 is 11.3. The van der Waals surface area contributed by atoms with E-state index < -0.39 is 0 Å². The zero-order chi connectivity index (χ0) is 33.6. The van der Waals surface area contributed by atoms with Gasteiger partial charge in [0.25, 0.3) is 0 Å². The van der Waals surface area contributed by atoms with Crippen molar-refractivity contribution in [2.75, 3.05) is 27.3 Å². The first-order chi connectivity index (χ1) is 23.3. The van der Waals surface area contributed by atoms with E-state index >= 15 is 0 Å². The van der Waals surface area contributed by atoms with Crippen LogP contribution in [0.4, 0.5) is 0 Å². The number of amides is 2. The number of halogens is 2. The molecule has 48 heavy (non-hydrogen) atoms. The zero-order valence-electron chi connectivity index (χ0n) is 26.9. The fraction of sp³-hybridized carbons (Fsp3) is 0.333. The van der Waals surface area contributed by atoms with Gasteiger partial charge in [-0.2, -0.15) is 0 Å². The minimum atomic E-state index is 0.0983. The molecular formula is C36H38Cl2N6O4. The van der Waals surface area contributed by atoms with Crippen molar-refractivity contribution in [1.82, 2.24) is 31.2 Å². The van der Waals surface area contributed by atoms with Gasteiger partial charge in [0.1, 0.15) is 0 Å². The molecule has 2 fully saturated rings. The van der Waals surface area contributed by atoms with Crippen LogP contribution < -0.4 is 30.7 Å². The number of hydrogen-bond donors (Lipinski definition) is 4. The van der Waals surface area contributed by atoms with Crippen molar-refractivity contribution in [1.29, 1.82) is 0 Å². The summed E-state index contributed by atoms with van der Waals surface area (Å²) in [6.07, 6.45) is 2.81. The van der Waals surface area contributed by atoms with Crippen molar-refractivity contribution in [3.63, 3.8) is 0 Å². The van der Waals surface area contributed by atoms with Gasteiger partial charge in [-0.3, -0.25) is 9.59 Å². The Hall–Kier alpha value is -4.22. The van der Waals surface area contributed by atoms with E-state index in [1.165, 1.54) is 0 Å². The van der Waals surface area contributed by atoms with Gasteiger partial charge in [0.2, 0.25) is 23.6 Å². The molecule has 2 amide bonds. The summed E-state index contributed by atoms with van der Waals surface area (Å²) in [5.74, 6) is 1.20. The van der Waals surface area contributed by atoms with E-state index in [2.05, 4.69) is 21.3 Å². The molecule has 0 radical (unpaired) electrons. The molecule has 2 aromatic carbocycles. The van der Waals surface area contributed by atoms with Crippen LogP contribution in [0.1, 0.15) is 36.8 Å². The van der Waals surface area contributed by atoms with Gasteiger partial charge < -0.3 is 30.7 Å². The topological polar surface area (TPSA) is 126 Å². The number of carbonyl (C=O) groups excluding carboxylic acids is 2. The number of hydrogen-bond acceptors (Lipinski definition) is 8. The molecule has 4 N–H and O–H groups in total. The van der Waals surface area contributed by atoms with Crippen LogP contribution in [0.25, 0.3) is 33.6 Å². The highest BCUT2D eigenvalue weighted by molar-refractivity contribution is 6.39. The Morgan fingerprint density at radius 3 is 1.46 bits per heavy atom. The quantitative estimate of drug-likeness (QED) is 0.144. The number of pyridine rings is 2. The summed E-state index contributed by atoms with van der Waals surface area (Å²) >= 11 is 14.1. The SMILES string of the molecule is COc1nc(-c2cccc(-c3cccc(-c4ccc(CNC[C@@H]5CCC(=O)N5)c(OC)n4)c3Cl)c2Cl)ccc1CNC[C@@H]1CCC(=O)N1. The zero-order valence-corrected chi connectivity index (χ0v) is 28.4. The van der Waals surface area contributed by atoms with Gasteiger partial charge >= 0.3 is 0 Å². The summed E-state index contributed by atoms with van der Waals surface area (Å²) in [5, 5.41) is 13.8. The van der Waals surface area contributed by atoms with Gasteiger partial charge in [0.15, 0.2) is 0 Å². The summed E-state index contributed by atoms with van der Waals surface area (Å²) in [6.45, 7) is 2.46.